The monoisotopic (exact) mass is 330 g/mol. The quantitative estimate of drug-likeness (QED) is 0.436. The number of hydrogen-bond donors (Lipinski definition) is 1. The molecule has 1 aromatic heterocycles. The van der Waals surface area contributed by atoms with Gasteiger partial charge in [0.05, 0.1) is 26.2 Å². The van der Waals surface area contributed by atoms with Crippen molar-refractivity contribution in [3.63, 3.8) is 0 Å². The first-order chi connectivity index (χ1) is 11.3. The summed E-state index contributed by atoms with van der Waals surface area (Å²) >= 11 is 0. The minimum Gasteiger partial charge on any atom is -0.478 e. The van der Waals surface area contributed by atoms with Gasteiger partial charge in [0, 0.05) is 18.2 Å². The van der Waals surface area contributed by atoms with E-state index in [-0.39, 0.29) is 22.0 Å². The van der Waals surface area contributed by atoms with Crippen molar-refractivity contribution < 1.29 is 24.2 Å². The van der Waals surface area contributed by atoms with E-state index in [4.69, 9.17) is 9.52 Å². The van der Waals surface area contributed by atoms with Gasteiger partial charge in [0.2, 0.25) is 11.0 Å². The largest absolute Gasteiger partial charge is 0.478 e. The van der Waals surface area contributed by atoms with Crippen LogP contribution in [-0.2, 0) is 0 Å². The van der Waals surface area contributed by atoms with E-state index in [2.05, 4.69) is 0 Å². The van der Waals surface area contributed by atoms with E-state index in [1.807, 2.05) is 0 Å². The number of carbonyl (C=O) groups is 1. The Hall–Kier alpha value is -3.82. The van der Waals surface area contributed by atoms with Gasteiger partial charge in [0.15, 0.2) is 0 Å². The Morgan fingerprint density at radius 3 is 2.33 bits per heavy atom. The van der Waals surface area contributed by atoms with Crippen LogP contribution in [0.5, 0.6) is 0 Å². The van der Waals surface area contributed by atoms with Crippen LogP contribution in [0.1, 0.15) is 10.4 Å². The van der Waals surface area contributed by atoms with Crippen LogP contribution in [0.3, 0.4) is 0 Å². The summed E-state index contributed by atoms with van der Waals surface area (Å²) in [5, 5.41) is 30.5. The van der Waals surface area contributed by atoms with Gasteiger partial charge >= 0.3 is 11.7 Å². The average molecular weight is 330 g/mol. The molecule has 1 heterocycles. The lowest BCUT2D eigenvalue weighted by atomic mass is 10.1. The van der Waals surface area contributed by atoms with E-state index < -0.39 is 38.1 Å². The fourth-order valence-electron chi connectivity index (χ4n) is 2.30. The molecule has 0 saturated carbocycles. The van der Waals surface area contributed by atoms with E-state index in [1.54, 1.807) is 0 Å². The minimum atomic E-state index is -1.46. The molecular formula is C14H6N2O8. The fourth-order valence-corrected chi connectivity index (χ4v) is 2.30. The molecule has 3 aromatic rings. The number of carboxylic acids is 1. The summed E-state index contributed by atoms with van der Waals surface area (Å²) in [5.41, 5.74) is -2.77. The number of hydrogen-bond acceptors (Lipinski definition) is 7. The smallest absolute Gasteiger partial charge is 0.335 e. The molecule has 0 spiro atoms. The molecule has 0 fully saturated rings. The number of aromatic carboxylic acids is 1. The van der Waals surface area contributed by atoms with Crippen LogP contribution in [-0.4, -0.2) is 20.9 Å². The Labute approximate surface area is 130 Å². The molecule has 0 unspecified atom stereocenters. The number of rotatable bonds is 3. The summed E-state index contributed by atoms with van der Waals surface area (Å²) in [5.74, 6) is -1.46. The minimum absolute atomic E-state index is 0.0794. The zero-order valence-corrected chi connectivity index (χ0v) is 11.6. The zero-order valence-electron chi connectivity index (χ0n) is 11.6. The summed E-state index contributed by atoms with van der Waals surface area (Å²) in [4.78, 5) is 44.0. The molecule has 10 nitrogen and oxygen atoms in total. The van der Waals surface area contributed by atoms with Crippen LogP contribution < -0.4 is 5.43 Å². The first-order valence-electron chi connectivity index (χ1n) is 6.36. The van der Waals surface area contributed by atoms with Crippen molar-refractivity contribution >= 4 is 39.3 Å². The second-order valence-electron chi connectivity index (χ2n) is 4.80. The number of nitrogens with zero attached hydrogens (tertiary/aromatic N) is 2. The highest BCUT2D eigenvalue weighted by atomic mass is 16.6. The molecule has 1 N–H and O–H groups in total. The van der Waals surface area contributed by atoms with Crippen LogP contribution in [0.15, 0.2) is 39.5 Å². The van der Waals surface area contributed by atoms with Gasteiger partial charge in [-0.05, 0) is 12.1 Å². The molecule has 0 aliphatic carbocycles. The molecule has 0 saturated heterocycles. The molecular weight excluding hydrogens is 324 g/mol. The van der Waals surface area contributed by atoms with Crippen molar-refractivity contribution in [3.8, 4) is 0 Å². The lowest BCUT2D eigenvalue weighted by molar-refractivity contribution is -0.384. The molecule has 0 bridgehead atoms. The Bertz CT molecular complexity index is 1120. The Morgan fingerprint density at radius 1 is 1.04 bits per heavy atom. The third kappa shape index (κ3) is 2.22. The molecule has 0 aliphatic rings. The standard InChI is InChI=1S/C14H6N2O8/c17-12-8-5-7(15(20)21)1-2-11(8)24-13-9(12)3-6(14(18)19)4-10(13)16(22)23/h1-5H,(H,18,19). The highest BCUT2D eigenvalue weighted by Gasteiger charge is 2.23. The van der Waals surface area contributed by atoms with Crippen molar-refractivity contribution in [2.45, 2.75) is 0 Å². The number of nitro benzene ring substituents is 2. The van der Waals surface area contributed by atoms with E-state index in [1.165, 1.54) is 0 Å². The van der Waals surface area contributed by atoms with Crippen LogP contribution in [0.2, 0.25) is 0 Å². The maximum atomic E-state index is 12.5. The SMILES string of the molecule is O=C(O)c1cc([N+](=O)[O-])c2oc3ccc([N+](=O)[O-])cc3c(=O)c2c1. The third-order valence-corrected chi connectivity index (χ3v) is 3.39. The van der Waals surface area contributed by atoms with Crippen LogP contribution in [0.4, 0.5) is 11.4 Å². The topological polar surface area (TPSA) is 154 Å². The predicted molar refractivity (Wildman–Crippen MR) is 80.3 cm³/mol. The molecule has 3 rings (SSSR count). The van der Waals surface area contributed by atoms with Gasteiger partial charge in [-0.15, -0.1) is 0 Å². The van der Waals surface area contributed by atoms with Gasteiger partial charge in [0.1, 0.15) is 5.58 Å². The molecule has 0 aliphatic heterocycles. The molecule has 120 valence electrons. The summed E-state index contributed by atoms with van der Waals surface area (Å²) in [6, 6.07) is 4.94. The van der Waals surface area contributed by atoms with Crippen molar-refractivity contribution in [1.82, 2.24) is 0 Å². The van der Waals surface area contributed by atoms with Gasteiger partial charge in [-0.25, -0.2) is 4.79 Å². The zero-order chi connectivity index (χ0) is 17.6. The molecule has 0 atom stereocenters. The number of nitro groups is 2. The van der Waals surface area contributed by atoms with Gasteiger partial charge in [-0.2, -0.15) is 0 Å². The van der Waals surface area contributed by atoms with Crippen LogP contribution in [0.25, 0.3) is 21.9 Å². The van der Waals surface area contributed by atoms with E-state index in [0.29, 0.717) is 0 Å². The van der Waals surface area contributed by atoms with Gasteiger partial charge in [-0.3, -0.25) is 25.0 Å². The highest BCUT2D eigenvalue weighted by molar-refractivity contribution is 6.00. The maximum Gasteiger partial charge on any atom is 0.335 e. The normalized spacial score (nSPS) is 10.8. The lowest BCUT2D eigenvalue weighted by Crippen LogP contribution is -2.07. The highest BCUT2D eigenvalue weighted by Crippen LogP contribution is 2.29. The molecule has 2 aromatic carbocycles. The molecule has 24 heavy (non-hydrogen) atoms. The van der Waals surface area contributed by atoms with Gasteiger partial charge in [-0.1, -0.05) is 0 Å². The number of fused-ring (bicyclic) bond motifs is 2. The Kier molecular flexibility index (Phi) is 3.22. The predicted octanol–water partition coefficient (Wildman–Crippen LogP) is 2.46. The van der Waals surface area contributed by atoms with E-state index in [0.717, 1.165) is 30.3 Å². The molecule has 10 heteroatoms. The number of carboxylic acid groups (broad SMARTS) is 1. The fraction of sp³-hybridized carbons (Fsp3) is 0. The van der Waals surface area contributed by atoms with E-state index >= 15 is 0 Å². The van der Waals surface area contributed by atoms with Gasteiger partial charge in [0.25, 0.3) is 5.69 Å². The summed E-state index contributed by atoms with van der Waals surface area (Å²) < 4.78 is 5.33. The van der Waals surface area contributed by atoms with E-state index in [9.17, 15) is 29.8 Å². The van der Waals surface area contributed by atoms with Crippen LogP contribution >= 0.6 is 0 Å². The second-order valence-corrected chi connectivity index (χ2v) is 4.80. The lowest BCUT2D eigenvalue weighted by Gasteiger charge is -2.04. The Morgan fingerprint density at radius 2 is 1.75 bits per heavy atom. The van der Waals surface area contributed by atoms with Crippen molar-refractivity contribution in [3.05, 3.63) is 66.3 Å². The maximum absolute atomic E-state index is 12.5. The molecule has 0 radical (unpaired) electrons. The number of non-ortho nitro benzene ring substituents is 2. The number of benzene rings is 2. The Balaban J connectivity index is 2.52. The van der Waals surface area contributed by atoms with Crippen molar-refractivity contribution in [2.24, 2.45) is 0 Å². The summed E-state index contributed by atoms with van der Waals surface area (Å²) in [7, 11) is 0. The van der Waals surface area contributed by atoms with Gasteiger partial charge < -0.3 is 9.52 Å². The molecule has 0 amide bonds. The summed E-state index contributed by atoms with van der Waals surface area (Å²) in [6.07, 6.45) is 0. The third-order valence-electron chi connectivity index (χ3n) is 3.39. The van der Waals surface area contributed by atoms with Crippen molar-refractivity contribution in [1.29, 1.82) is 0 Å². The van der Waals surface area contributed by atoms with Crippen molar-refractivity contribution in [2.75, 3.05) is 0 Å². The first kappa shape index (κ1) is 15.1. The average Bonchev–Trinajstić information content (AvgIpc) is 2.53. The first-order valence-corrected chi connectivity index (χ1v) is 6.36. The summed E-state index contributed by atoms with van der Waals surface area (Å²) in [6.45, 7) is 0. The van der Waals surface area contributed by atoms with Crippen LogP contribution in [0, 0.1) is 20.2 Å². The second kappa shape index (κ2) is 5.12.